The highest BCUT2D eigenvalue weighted by molar-refractivity contribution is 5.94. The highest BCUT2D eigenvalue weighted by atomic mass is 35.5. The molecule has 2 N–H and O–H groups in total. The molecule has 2 heterocycles. The van der Waals surface area contributed by atoms with Gasteiger partial charge in [-0.2, -0.15) is 0 Å². The summed E-state index contributed by atoms with van der Waals surface area (Å²) in [5.74, 6) is -0.106. The molecule has 23 heavy (non-hydrogen) atoms. The predicted octanol–water partition coefficient (Wildman–Crippen LogP) is 1.89. The molecule has 0 bridgehead atoms. The molecule has 1 aromatic heterocycles. The van der Waals surface area contributed by atoms with Crippen molar-refractivity contribution < 1.29 is 4.79 Å². The van der Waals surface area contributed by atoms with Crippen LogP contribution in [0.15, 0.2) is 10.9 Å². The average molecular weight is 340 g/mol. The Balaban J connectivity index is 0.00000192. The SMILES string of the molecule is CCCN(C(=O)c1cc2c([nH]c1=O)CCCC2)C1CCNC1.Cl. The highest BCUT2D eigenvalue weighted by Gasteiger charge is 2.28. The van der Waals surface area contributed by atoms with E-state index >= 15 is 0 Å². The summed E-state index contributed by atoms with van der Waals surface area (Å²) in [7, 11) is 0. The molecule has 0 spiro atoms. The molecule has 6 heteroatoms. The molecule has 2 aliphatic rings. The summed E-state index contributed by atoms with van der Waals surface area (Å²) in [5.41, 5.74) is 2.27. The third-order valence-corrected chi connectivity index (χ3v) is 4.77. The van der Waals surface area contributed by atoms with Crippen LogP contribution >= 0.6 is 12.4 Å². The van der Waals surface area contributed by atoms with Gasteiger partial charge in [-0.15, -0.1) is 12.4 Å². The molecule has 128 valence electrons. The molecule has 1 aromatic rings. The Hall–Kier alpha value is -1.33. The maximum atomic E-state index is 12.9. The van der Waals surface area contributed by atoms with Crippen LogP contribution in [0.1, 0.15) is 54.2 Å². The maximum absolute atomic E-state index is 12.9. The smallest absolute Gasteiger partial charge is 0.261 e. The van der Waals surface area contributed by atoms with Crippen molar-refractivity contribution in [3.63, 3.8) is 0 Å². The van der Waals surface area contributed by atoms with Gasteiger partial charge in [0.25, 0.3) is 11.5 Å². The number of hydrogen-bond acceptors (Lipinski definition) is 3. The Morgan fingerprint density at radius 1 is 1.35 bits per heavy atom. The van der Waals surface area contributed by atoms with Gasteiger partial charge < -0.3 is 15.2 Å². The van der Waals surface area contributed by atoms with Gasteiger partial charge in [0.15, 0.2) is 0 Å². The quantitative estimate of drug-likeness (QED) is 0.880. The zero-order valence-electron chi connectivity index (χ0n) is 13.7. The van der Waals surface area contributed by atoms with Gasteiger partial charge in [0.05, 0.1) is 0 Å². The molecule has 1 unspecified atom stereocenters. The van der Waals surface area contributed by atoms with Gasteiger partial charge >= 0.3 is 0 Å². The van der Waals surface area contributed by atoms with Crippen molar-refractivity contribution in [2.45, 2.75) is 51.5 Å². The van der Waals surface area contributed by atoms with E-state index in [0.29, 0.717) is 12.1 Å². The van der Waals surface area contributed by atoms with Crippen LogP contribution in [0.3, 0.4) is 0 Å². The van der Waals surface area contributed by atoms with Crippen LogP contribution in [-0.2, 0) is 12.8 Å². The zero-order chi connectivity index (χ0) is 15.5. The largest absolute Gasteiger partial charge is 0.334 e. The van der Waals surface area contributed by atoms with E-state index in [1.807, 2.05) is 11.0 Å². The lowest BCUT2D eigenvalue weighted by Gasteiger charge is -2.28. The van der Waals surface area contributed by atoms with Crippen molar-refractivity contribution in [3.05, 3.63) is 33.2 Å². The van der Waals surface area contributed by atoms with E-state index < -0.39 is 0 Å². The van der Waals surface area contributed by atoms with Gasteiger partial charge in [-0.05, 0) is 56.7 Å². The Bertz CT molecular complexity index is 608. The summed E-state index contributed by atoms with van der Waals surface area (Å²) in [6, 6.07) is 2.06. The Morgan fingerprint density at radius 2 is 2.13 bits per heavy atom. The van der Waals surface area contributed by atoms with Crippen molar-refractivity contribution in [2.24, 2.45) is 0 Å². The van der Waals surface area contributed by atoms with Gasteiger partial charge in [0, 0.05) is 24.8 Å². The number of pyridine rings is 1. The number of aryl methyl sites for hydroxylation is 2. The minimum atomic E-state index is -0.224. The van der Waals surface area contributed by atoms with Crippen LogP contribution in [-0.4, -0.2) is 41.5 Å². The molecule has 1 atom stereocenters. The lowest BCUT2D eigenvalue weighted by atomic mass is 9.94. The number of carbonyl (C=O) groups is 1. The first-order chi connectivity index (χ1) is 10.7. The van der Waals surface area contributed by atoms with E-state index in [0.717, 1.165) is 62.9 Å². The minimum absolute atomic E-state index is 0. The summed E-state index contributed by atoms with van der Waals surface area (Å²) in [5, 5.41) is 3.30. The number of fused-ring (bicyclic) bond motifs is 1. The first-order valence-corrected chi connectivity index (χ1v) is 8.47. The Kier molecular flexibility index (Phi) is 6.25. The van der Waals surface area contributed by atoms with E-state index in [9.17, 15) is 9.59 Å². The molecule has 0 aromatic carbocycles. The topological polar surface area (TPSA) is 65.2 Å². The third kappa shape index (κ3) is 3.78. The molecule has 1 aliphatic carbocycles. The average Bonchev–Trinajstić information content (AvgIpc) is 3.05. The third-order valence-electron chi connectivity index (χ3n) is 4.77. The van der Waals surface area contributed by atoms with Gasteiger partial charge in [-0.25, -0.2) is 0 Å². The lowest BCUT2D eigenvalue weighted by Crippen LogP contribution is -2.44. The van der Waals surface area contributed by atoms with Crippen molar-refractivity contribution in [3.8, 4) is 0 Å². The number of hydrogen-bond donors (Lipinski definition) is 2. The molecular weight excluding hydrogens is 314 g/mol. The second kappa shape index (κ2) is 7.97. The zero-order valence-corrected chi connectivity index (χ0v) is 14.5. The number of halogens is 1. The lowest BCUT2D eigenvalue weighted by molar-refractivity contribution is 0.0690. The van der Waals surface area contributed by atoms with E-state index in [1.54, 1.807) is 0 Å². The number of aromatic amines is 1. The molecule has 5 nitrogen and oxygen atoms in total. The molecular formula is C17H26ClN3O2. The van der Waals surface area contributed by atoms with Crippen LogP contribution < -0.4 is 10.9 Å². The summed E-state index contributed by atoms with van der Waals surface area (Å²) in [6.07, 6.45) is 6.01. The molecule has 1 fully saturated rings. The van der Waals surface area contributed by atoms with E-state index in [4.69, 9.17) is 0 Å². The highest BCUT2D eigenvalue weighted by Crippen LogP contribution is 2.20. The predicted molar refractivity (Wildman–Crippen MR) is 93.6 cm³/mol. The van der Waals surface area contributed by atoms with Gasteiger partial charge in [-0.3, -0.25) is 9.59 Å². The van der Waals surface area contributed by atoms with Crippen LogP contribution in [0.2, 0.25) is 0 Å². The molecule has 0 saturated carbocycles. The fraction of sp³-hybridized carbons (Fsp3) is 0.647. The first-order valence-electron chi connectivity index (χ1n) is 8.47. The van der Waals surface area contributed by atoms with Crippen molar-refractivity contribution in [1.82, 2.24) is 15.2 Å². The first kappa shape index (κ1) is 18.0. The standard InChI is InChI=1S/C17H25N3O2.ClH/c1-2-9-20(13-7-8-18-11-13)17(22)14-10-12-5-3-4-6-15(12)19-16(14)21;/h10,13,18H,2-9,11H2,1H3,(H,19,21);1H. The number of nitrogens with one attached hydrogen (secondary N) is 2. The van der Waals surface area contributed by atoms with Crippen LogP contribution in [0, 0.1) is 0 Å². The van der Waals surface area contributed by atoms with Gasteiger partial charge in [-0.1, -0.05) is 6.92 Å². The number of carbonyl (C=O) groups excluding carboxylic acids is 1. The molecule has 3 rings (SSSR count). The summed E-state index contributed by atoms with van der Waals surface area (Å²) in [4.78, 5) is 30.1. The Morgan fingerprint density at radius 3 is 2.83 bits per heavy atom. The fourth-order valence-electron chi connectivity index (χ4n) is 3.58. The van der Waals surface area contributed by atoms with Crippen LogP contribution in [0.5, 0.6) is 0 Å². The van der Waals surface area contributed by atoms with Gasteiger partial charge in [0.2, 0.25) is 0 Å². The van der Waals surface area contributed by atoms with Crippen molar-refractivity contribution >= 4 is 18.3 Å². The maximum Gasteiger partial charge on any atom is 0.261 e. The Labute approximate surface area is 143 Å². The van der Waals surface area contributed by atoms with Crippen LogP contribution in [0.4, 0.5) is 0 Å². The number of nitrogens with zero attached hydrogens (tertiary/aromatic N) is 1. The fourth-order valence-corrected chi connectivity index (χ4v) is 3.58. The van der Waals surface area contributed by atoms with E-state index in [2.05, 4.69) is 17.2 Å². The normalized spacial score (nSPS) is 19.8. The van der Waals surface area contributed by atoms with Crippen molar-refractivity contribution in [1.29, 1.82) is 0 Å². The summed E-state index contributed by atoms with van der Waals surface area (Å²) < 4.78 is 0. The minimum Gasteiger partial charge on any atom is -0.334 e. The molecule has 1 amide bonds. The monoisotopic (exact) mass is 339 g/mol. The number of rotatable bonds is 4. The van der Waals surface area contributed by atoms with E-state index in [-0.39, 0.29) is 29.9 Å². The number of H-pyrrole nitrogens is 1. The van der Waals surface area contributed by atoms with E-state index in [1.165, 1.54) is 0 Å². The number of aromatic nitrogens is 1. The van der Waals surface area contributed by atoms with Crippen molar-refractivity contribution in [2.75, 3.05) is 19.6 Å². The molecule has 1 aliphatic heterocycles. The van der Waals surface area contributed by atoms with Crippen LogP contribution in [0.25, 0.3) is 0 Å². The summed E-state index contributed by atoms with van der Waals surface area (Å²) >= 11 is 0. The summed E-state index contributed by atoms with van der Waals surface area (Å²) in [6.45, 7) is 4.55. The second-order valence-corrected chi connectivity index (χ2v) is 6.37. The second-order valence-electron chi connectivity index (χ2n) is 6.37. The molecule has 1 saturated heterocycles. The molecule has 0 radical (unpaired) electrons. The number of amides is 1. The van der Waals surface area contributed by atoms with Gasteiger partial charge in [0.1, 0.15) is 5.56 Å².